The molecule has 0 aliphatic carbocycles. The summed E-state index contributed by atoms with van der Waals surface area (Å²) in [5.41, 5.74) is 0.521. The molecule has 9 nitrogen and oxygen atoms in total. The van der Waals surface area contributed by atoms with E-state index in [1.807, 2.05) is 38.1 Å². The first-order chi connectivity index (χ1) is 16.7. The summed E-state index contributed by atoms with van der Waals surface area (Å²) in [4.78, 5) is 41.6. The maximum absolute atomic E-state index is 13.7. The van der Waals surface area contributed by atoms with E-state index in [1.165, 1.54) is 0 Å². The second kappa shape index (κ2) is 10.4. The molecule has 188 valence electrons. The second-order valence-electron chi connectivity index (χ2n) is 9.75. The number of nitrogens with one attached hydrogen (secondary N) is 4. The zero-order valence-corrected chi connectivity index (χ0v) is 21.1. The lowest BCUT2D eigenvalue weighted by Gasteiger charge is -2.36. The highest BCUT2D eigenvalue weighted by Crippen LogP contribution is 2.46. The minimum Gasteiger partial charge on any atom is -0.493 e. The summed E-state index contributed by atoms with van der Waals surface area (Å²) in [6.45, 7) is 4.57. The van der Waals surface area contributed by atoms with Gasteiger partial charge in [-0.1, -0.05) is 38.0 Å². The fraction of sp³-hybridized carbons (Fsp3) is 0.560. The van der Waals surface area contributed by atoms with Crippen LogP contribution in [-0.2, 0) is 9.59 Å². The van der Waals surface area contributed by atoms with Crippen molar-refractivity contribution in [3.63, 3.8) is 0 Å². The van der Waals surface area contributed by atoms with Gasteiger partial charge in [0.05, 0.1) is 18.0 Å². The van der Waals surface area contributed by atoms with E-state index in [1.54, 1.807) is 23.7 Å². The maximum Gasteiger partial charge on any atom is 0.317 e. The fourth-order valence-corrected chi connectivity index (χ4v) is 6.70. The van der Waals surface area contributed by atoms with Gasteiger partial charge < -0.3 is 25.6 Å². The number of ether oxygens (including phenoxy) is 1. The Labute approximate surface area is 210 Å². The van der Waals surface area contributed by atoms with Gasteiger partial charge in [0, 0.05) is 12.0 Å². The van der Waals surface area contributed by atoms with E-state index < -0.39 is 29.7 Å². The third kappa shape index (κ3) is 5.21. The van der Waals surface area contributed by atoms with Crippen LogP contribution in [0.15, 0.2) is 24.3 Å². The maximum atomic E-state index is 13.7. The number of rotatable bonds is 5. The number of para-hydroxylation sites is 1. The number of fused-ring (bicyclic) bond motifs is 2. The average Bonchev–Trinajstić information content (AvgIpc) is 3.03. The largest absolute Gasteiger partial charge is 0.493 e. The Balaban J connectivity index is 1.52. The number of thioether (sulfide) groups is 1. The summed E-state index contributed by atoms with van der Waals surface area (Å²) in [6.07, 6.45) is 6.58. The van der Waals surface area contributed by atoms with Gasteiger partial charge in [-0.2, -0.15) is 0 Å². The molecule has 35 heavy (non-hydrogen) atoms. The monoisotopic (exact) mass is 499 g/mol. The Kier molecular flexibility index (Phi) is 7.47. The predicted octanol–water partition coefficient (Wildman–Crippen LogP) is 1.56. The zero-order chi connectivity index (χ0) is 25.2. The normalized spacial score (nSPS) is 27.8. The summed E-state index contributed by atoms with van der Waals surface area (Å²) >= 11 is 1.66. The molecule has 0 spiro atoms. The molecule has 0 unspecified atom stereocenters. The second-order valence-corrected chi connectivity index (χ2v) is 11.0. The number of amides is 4. The lowest BCUT2D eigenvalue weighted by Crippen LogP contribution is -2.58. The summed E-state index contributed by atoms with van der Waals surface area (Å²) in [5.74, 6) is 3.46. The van der Waals surface area contributed by atoms with E-state index in [9.17, 15) is 14.4 Å². The van der Waals surface area contributed by atoms with Crippen molar-refractivity contribution in [3.8, 4) is 18.1 Å². The number of carbonyl (C=O) groups is 3. The molecule has 5 atom stereocenters. The smallest absolute Gasteiger partial charge is 0.317 e. The van der Waals surface area contributed by atoms with Gasteiger partial charge in [-0.25, -0.2) is 4.79 Å². The van der Waals surface area contributed by atoms with Crippen LogP contribution in [-0.4, -0.2) is 65.8 Å². The van der Waals surface area contributed by atoms with Crippen LogP contribution < -0.4 is 26.0 Å². The van der Waals surface area contributed by atoms with Crippen LogP contribution in [0.4, 0.5) is 4.79 Å². The van der Waals surface area contributed by atoms with Crippen molar-refractivity contribution in [2.75, 3.05) is 19.4 Å². The molecule has 0 aromatic heterocycles. The molecule has 3 aliphatic heterocycles. The summed E-state index contributed by atoms with van der Waals surface area (Å²) in [7, 11) is 1.63. The first kappa shape index (κ1) is 25.2. The SMILES string of the molecule is C#C[C@H](NC)NC(=O)N[C@H]1CCS[C@H]2CC(C)(C)[C@@H](C(=O)N[C@@H]3CCOc4ccccc43)N2C1=O. The van der Waals surface area contributed by atoms with Crippen LogP contribution in [0.3, 0.4) is 0 Å². The molecule has 0 bridgehead atoms. The van der Waals surface area contributed by atoms with Crippen molar-refractivity contribution in [1.82, 2.24) is 26.2 Å². The molecule has 3 aliphatic rings. The lowest BCUT2D eigenvalue weighted by molar-refractivity contribution is -0.142. The van der Waals surface area contributed by atoms with Gasteiger partial charge in [-0.05, 0) is 37.1 Å². The molecule has 0 saturated carbocycles. The van der Waals surface area contributed by atoms with E-state index in [-0.39, 0.29) is 23.2 Å². The molecule has 0 radical (unpaired) electrons. The molecule has 1 aromatic rings. The van der Waals surface area contributed by atoms with E-state index in [2.05, 4.69) is 27.2 Å². The van der Waals surface area contributed by atoms with Gasteiger partial charge in [0.15, 0.2) is 0 Å². The summed E-state index contributed by atoms with van der Waals surface area (Å²) in [6, 6.07) is 5.60. The average molecular weight is 500 g/mol. The van der Waals surface area contributed by atoms with Gasteiger partial charge in [0.25, 0.3) is 0 Å². The zero-order valence-electron chi connectivity index (χ0n) is 20.3. The number of urea groups is 1. The van der Waals surface area contributed by atoms with E-state index >= 15 is 0 Å². The molecular weight excluding hydrogens is 466 g/mol. The first-order valence-corrected chi connectivity index (χ1v) is 13.0. The predicted molar refractivity (Wildman–Crippen MR) is 134 cm³/mol. The minimum atomic E-state index is -0.740. The van der Waals surface area contributed by atoms with Crippen LogP contribution >= 0.6 is 11.8 Å². The highest BCUT2D eigenvalue weighted by atomic mass is 32.2. The molecule has 4 amide bonds. The van der Waals surface area contributed by atoms with Gasteiger partial charge >= 0.3 is 6.03 Å². The van der Waals surface area contributed by atoms with E-state index in [0.717, 1.165) is 11.3 Å². The Morgan fingerprint density at radius 3 is 2.74 bits per heavy atom. The van der Waals surface area contributed by atoms with Crippen molar-refractivity contribution in [1.29, 1.82) is 0 Å². The third-order valence-electron chi connectivity index (χ3n) is 6.86. The molecule has 2 fully saturated rings. The van der Waals surface area contributed by atoms with Crippen molar-refractivity contribution >= 4 is 29.6 Å². The Morgan fingerprint density at radius 2 is 2.00 bits per heavy atom. The van der Waals surface area contributed by atoms with Crippen LogP contribution in [0.5, 0.6) is 5.75 Å². The molecular formula is C25H33N5O4S. The molecule has 4 rings (SSSR count). The lowest BCUT2D eigenvalue weighted by atomic mass is 9.83. The van der Waals surface area contributed by atoms with Gasteiger partial charge in [-0.15, -0.1) is 18.2 Å². The molecule has 1 aromatic carbocycles. The molecule has 3 heterocycles. The van der Waals surface area contributed by atoms with Crippen LogP contribution in [0.25, 0.3) is 0 Å². The van der Waals surface area contributed by atoms with Gasteiger partial charge in [0.2, 0.25) is 11.8 Å². The summed E-state index contributed by atoms with van der Waals surface area (Å²) < 4.78 is 5.73. The highest BCUT2D eigenvalue weighted by molar-refractivity contribution is 7.99. The van der Waals surface area contributed by atoms with Gasteiger partial charge in [0.1, 0.15) is 24.0 Å². The highest BCUT2D eigenvalue weighted by Gasteiger charge is 2.54. The van der Waals surface area contributed by atoms with Gasteiger partial charge in [-0.3, -0.25) is 14.9 Å². The number of hydrogen-bond donors (Lipinski definition) is 4. The minimum absolute atomic E-state index is 0.124. The van der Waals surface area contributed by atoms with E-state index in [4.69, 9.17) is 11.2 Å². The number of nitrogens with zero attached hydrogens (tertiary/aromatic N) is 1. The van der Waals surface area contributed by atoms with Crippen LogP contribution in [0.2, 0.25) is 0 Å². The number of carbonyl (C=O) groups excluding carboxylic acids is 3. The molecule has 10 heteroatoms. The quantitative estimate of drug-likeness (QED) is 0.362. The molecule has 2 saturated heterocycles. The van der Waals surface area contributed by atoms with Crippen molar-refractivity contribution in [2.24, 2.45) is 5.41 Å². The number of benzene rings is 1. The van der Waals surface area contributed by atoms with E-state index in [0.29, 0.717) is 31.6 Å². The van der Waals surface area contributed by atoms with Crippen molar-refractivity contribution in [3.05, 3.63) is 29.8 Å². The van der Waals surface area contributed by atoms with Crippen molar-refractivity contribution < 1.29 is 19.1 Å². The standard InChI is InChI=1S/C25H33N5O4S/c1-5-19(26-4)29-24(33)28-17-11-13-35-20-14-25(2,3)21(30(20)23(17)32)22(31)27-16-10-12-34-18-9-7-6-8-15(16)18/h1,6-9,16-17,19-21,26H,10-14H2,2-4H3,(H,27,31)(H2,28,29,33)/t16-,17+,19-,20+,21-/m1/s1. The topological polar surface area (TPSA) is 112 Å². The molecule has 4 N–H and O–H groups in total. The first-order valence-electron chi connectivity index (χ1n) is 11.9. The third-order valence-corrected chi connectivity index (χ3v) is 8.11. The van der Waals surface area contributed by atoms with Crippen molar-refractivity contribution in [2.45, 2.75) is 62.8 Å². The Morgan fingerprint density at radius 1 is 1.23 bits per heavy atom. The number of terminal acetylenes is 1. The van der Waals surface area contributed by atoms with Crippen LogP contribution in [0.1, 0.15) is 44.7 Å². The van der Waals surface area contributed by atoms with Crippen LogP contribution in [0, 0.1) is 17.8 Å². The fourth-order valence-electron chi connectivity index (χ4n) is 5.12. The summed E-state index contributed by atoms with van der Waals surface area (Å²) in [5, 5.41) is 11.2. The Bertz CT molecular complexity index is 1030. The Hall–Kier alpha value is -2.90. The number of hydrogen-bond acceptors (Lipinski definition) is 6.